The first-order valence-electron chi connectivity index (χ1n) is 12.0. The largest absolute Gasteiger partial charge is 0.505 e. The highest BCUT2D eigenvalue weighted by Crippen LogP contribution is 2.45. The van der Waals surface area contributed by atoms with E-state index < -0.39 is 6.04 Å². The van der Waals surface area contributed by atoms with Crippen molar-refractivity contribution in [2.75, 3.05) is 21.3 Å². The number of hydrogen-bond donors (Lipinski definition) is 2. The van der Waals surface area contributed by atoms with Crippen molar-refractivity contribution < 1.29 is 19.3 Å². The van der Waals surface area contributed by atoms with E-state index in [1.54, 1.807) is 27.5 Å². The standard InChI is InChI=1S/C30H36N2O4/c1-8-19(2)11-12-20(3)18-21(4)32-27(23-14-13-22-10-9-17-31-26(22)28(23)33)24-15-16-25(34-5)30(36-7)29(24)35-6/h9-18,27,32-33H,8H2,1-7H3/b19-11+,20-12-,21-18+. The molecule has 0 bridgehead atoms. The van der Waals surface area contributed by atoms with Gasteiger partial charge in [-0.15, -0.1) is 0 Å². The summed E-state index contributed by atoms with van der Waals surface area (Å²) in [7, 11) is 4.76. The predicted octanol–water partition coefficient (Wildman–Crippen LogP) is 6.85. The van der Waals surface area contributed by atoms with Crippen LogP contribution in [0.4, 0.5) is 0 Å². The first kappa shape index (κ1) is 26.7. The second kappa shape index (κ2) is 12.2. The van der Waals surface area contributed by atoms with E-state index in [1.165, 1.54) is 5.57 Å². The third kappa shape index (κ3) is 5.82. The Labute approximate surface area is 213 Å². The van der Waals surface area contributed by atoms with Gasteiger partial charge in [0.2, 0.25) is 5.75 Å². The molecule has 2 N–H and O–H groups in total. The normalized spacial score (nSPS) is 13.5. The number of pyridine rings is 1. The zero-order chi connectivity index (χ0) is 26.2. The lowest BCUT2D eigenvalue weighted by Gasteiger charge is -2.26. The monoisotopic (exact) mass is 488 g/mol. The lowest BCUT2D eigenvalue weighted by Crippen LogP contribution is -2.22. The van der Waals surface area contributed by atoms with Crippen molar-refractivity contribution in [2.45, 2.75) is 40.2 Å². The number of phenolic OH excluding ortho intramolecular Hbond substituents is 1. The minimum absolute atomic E-state index is 0.115. The summed E-state index contributed by atoms with van der Waals surface area (Å²) < 4.78 is 16.9. The molecule has 0 aliphatic carbocycles. The highest BCUT2D eigenvalue weighted by Gasteiger charge is 2.26. The Bertz CT molecular complexity index is 1310. The van der Waals surface area contributed by atoms with Crippen LogP contribution in [0.25, 0.3) is 10.9 Å². The van der Waals surface area contributed by atoms with E-state index in [2.05, 4.69) is 49.3 Å². The van der Waals surface area contributed by atoms with E-state index in [9.17, 15) is 5.11 Å². The van der Waals surface area contributed by atoms with Crippen molar-refractivity contribution in [3.05, 3.63) is 88.8 Å². The number of allylic oxidation sites excluding steroid dienone is 6. The van der Waals surface area contributed by atoms with Crippen molar-refractivity contribution >= 4 is 10.9 Å². The molecule has 2 aromatic carbocycles. The molecule has 0 aliphatic heterocycles. The third-order valence-electron chi connectivity index (χ3n) is 6.14. The summed E-state index contributed by atoms with van der Waals surface area (Å²) in [6.07, 6.45) is 9.01. The second-order valence-electron chi connectivity index (χ2n) is 8.68. The fourth-order valence-electron chi connectivity index (χ4n) is 4.10. The molecule has 190 valence electrons. The second-order valence-corrected chi connectivity index (χ2v) is 8.68. The smallest absolute Gasteiger partial charge is 0.203 e. The van der Waals surface area contributed by atoms with Gasteiger partial charge in [-0.2, -0.15) is 0 Å². The van der Waals surface area contributed by atoms with Crippen LogP contribution >= 0.6 is 0 Å². The molecule has 0 amide bonds. The molecule has 0 saturated carbocycles. The SMILES string of the molecule is CC/C(C)=C/C=C(C)\C=C(/C)NC(c1ccc(OC)c(OC)c1OC)c1ccc2cccnc2c1O. The molecule has 0 saturated heterocycles. The van der Waals surface area contributed by atoms with Gasteiger partial charge >= 0.3 is 0 Å². The van der Waals surface area contributed by atoms with Crippen molar-refractivity contribution in [3.8, 4) is 23.0 Å². The third-order valence-corrected chi connectivity index (χ3v) is 6.14. The first-order valence-corrected chi connectivity index (χ1v) is 12.0. The zero-order valence-electron chi connectivity index (χ0n) is 22.2. The van der Waals surface area contributed by atoms with Crippen LogP contribution in [-0.4, -0.2) is 31.4 Å². The number of aromatic nitrogens is 1. The Morgan fingerprint density at radius 1 is 0.944 bits per heavy atom. The van der Waals surface area contributed by atoms with Gasteiger partial charge in [-0.1, -0.05) is 42.8 Å². The number of ether oxygens (including phenoxy) is 3. The zero-order valence-corrected chi connectivity index (χ0v) is 22.2. The van der Waals surface area contributed by atoms with Gasteiger partial charge in [0, 0.05) is 28.4 Å². The predicted molar refractivity (Wildman–Crippen MR) is 146 cm³/mol. The molecule has 0 fully saturated rings. The number of phenols is 1. The van der Waals surface area contributed by atoms with Crippen molar-refractivity contribution in [1.82, 2.24) is 10.3 Å². The van der Waals surface area contributed by atoms with Gasteiger partial charge in [-0.3, -0.25) is 4.98 Å². The van der Waals surface area contributed by atoms with Gasteiger partial charge in [-0.25, -0.2) is 0 Å². The van der Waals surface area contributed by atoms with Crippen LogP contribution in [0.2, 0.25) is 0 Å². The summed E-state index contributed by atoms with van der Waals surface area (Å²) in [6, 6.07) is 11.0. The number of rotatable bonds is 10. The average Bonchev–Trinajstić information content (AvgIpc) is 2.89. The van der Waals surface area contributed by atoms with Crippen LogP contribution < -0.4 is 19.5 Å². The number of hydrogen-bond acceptors (Lipinski definition) is 6. The molecule has 6 heteroatoms. The molecule has 1 unspecified atom stereocenters. The fraction of sp³-hybridized carbons (Fsp3) is 0.300. The number of aromatic hydroxyl groups is 1. The Hall–Kier alpha value is -3.93. The lowest BCUT2D eigenvalue weighted by atomic mass is 9.94. The van der Waals surface area contributed by atoms with Crippen LogP contribution in [0.3, 0.4) is 0 Å². The van der Waals surface area contributed by atoms with Gasteiger partial charge in [0.05, 0.1) is 27.4 Å². The number of nitrogens with one attached hydrogen (secondary N) is 1. The van der Waals surface area contributed by atoms with E-state index >= 15 is 0 Å². The molecule has 0 radical (unpaired) electrons. The summed E-state index contributed by atoms with van der Waals surface area (Å²) in [6.45, 7) is 8.33. The van der Waals surface area contributed by atoms with Crippen LogP contribution in [0, 0.1) is 0 Å². The Morgan fingerprint density at radius 2 is 1.67 bits per heavy atom. The van der Waals surface area contributed by atoms with Gasteiger partial charge in [-0.05, 0) is 57.0 Å². The van der Waals surface area contributed by atoms with Gasteiger partial charge in [0.15, 0.2) is 11.5 Å². The van der Waals surface area contributed by atoms with Crippen molar-refractivity contribution in [1.29, 1.82) is 0 Å². The van der Waals surface area contributed by atoms with Crippen LogP contribution in [0.1, 0.15) is 51.3 Å². The molecule has 1 heterocycles. The van der Waals surface area contributed by atoms with Crippen LogP contribution in [0.5, 0.6) is 23.0 Å². The molecule has 1 atom stereocenters. The summed E-state index contributed by atoms with van der Waals surface area (Å²) in [4.78, 5) is 4.41. The quantitative estimate of drug-likeness (QED) is 0.304. The minimum Gasteiger partial charge on any atom is -0.505 e. The number of methoxy groups -OCH3 is 3. The highest BCUT2D eigenvalue weighted by molar-refractivity contribution is 5.85. The topological polar surface area (TPSA) is 72.8 Å². The van der Waals surface area contributed by atoms with Crippen LogP contribution in [0.15, 0.2) is 77.7 Å². The molecular weight excluding hydrogens is 452 g/mol. The van der Waals surface area contributed by atoms with Crippen LogP contribution in [-0.2, 0) is 0 Å². The molecule has 36 heavy (non-hydrogen) atoms. The highest BCUT2D eigenvalue weighted by atomic mass is 16.5. The van der Waals surface area contributed by atoms with E-state index in [-0.39, 0.29) is 5.75 Å². The molecule has 3 aromatic rings. The molecule has 0 spiro atoms. The lowest BCUT2D eigenvalue weighted by molar-refractivity contribution is 0.320. The summed E-state index contributed by atoms with van der Waals surface area (Å²) in [5.41, 5.74) is 5.34. The van der Waals surface area contributed by atoms with E-state index in [0.717, 1.165) is 28.6 Å². The number of fused-ring (bicyclic) bond motifs is 1. The molecular formula is C30H36N2O4. The summed E-state index contributed by atoms with van der Waals surface area (Å²) in [5, 5.41) is 15.7. The molecule has 3 rings (SSSR count). The molecule has 6 nitrogen and oxygen atoms in total. The minimum atomic E-state index is -0.455. The maximum Gasteiger partial charge on any atom is 0.203 e. The van der Waals surface area contributed by atoms with Crippen molar-refractivity contribution in [3.63, 3.8) is 0 Å². The molecule has 0 aliphatic rings. The first-order chi connectivity index (χ1) is 17.3. The fourth-order valence-corrected chi connectivity index (χ4v) is 4.10. The van der Waals surface area contributed by atoms with E-state index in [1.807, 2.05) is 43.3 Å². The van der Waals surface area contributed by atoms with E-state index in [0.29, 0.717) is 28.3 Å². The summed E-state index contributed by atoms with van der Waals surface area (Å²) >= 11 is 0. The van der Waals surface area contributed by atoms with Gasteiger partial charge < -0.3 is 24.6 Å². The Balaban J connectivity index is 2.18. The molecule has 1 aromatic heterocycles. The average molecular weight is 489 g/mol. The number of benzene rings is 2. The van der Waals surface area contributed by atoms with Crippen molar-refractivity contribution in [2.24, 2.45) is 0 Å². The van der Waals surface area contributed by atoms with Gasteiger partial charge in [0.25, 0.3) is 0 Å². The Morgan fingerprint density at radius 3 is 2.33 bits per heavy atom. The van der Waals surface area contributed by atoms with E-state index in [4.69, 9.17) is 14.2 Å². The number of nitrogens with zero attached hydrogens (tertiary/aromatic N) is 1. The summed E-state index contributed by atoms with van der Waals surface area (Å²) in [5.74, 6) is 1.69. The van der Waals surface area contributed by atoms with Gasteiger partial charge in [0.1, 0.15) is 11.3 Å². The maximum atomic E-state index is 11.3. The Kier molecular flexibility index (Phi) is 9.01. The maximum absolute atomic E-state index is 11.3.